The van der Waals surface area contributed by atoms with Gasteiger partial charge in [0.15, 0.2) is 0 Å². The van der Waals surface area contributed by atoms with Crippen molar-refractivity contribution >= 4 is 35.0 Å². The number of halogens is 1. The molecule has 0 bridgehead atoms. The van der Waals surface area contributed by atoms with Gasteiger partial charge >= 0.3 is 6.03 Å². The zero-order valence-electron chi connectivity index (χ0n) is 20.3. The van der Waals surface area contributed by atoms with Crippen molar-refractivity contribution in [2.24, 2.45) is 5.92 Å². The zero-order valence-corrected chi connectivity index (χ0v) is 21.1. The standard InChI is InChI=1S/C26H32ClN5O2/c1-18(2)16-31(25(34)28-19-11-7-6-8-12-19)17-24(33)29-23-15-22(26(3,4)5)30-32(23)21-14-10-9-13-20(21)27/h6-15,18H,16-17H2,1-5H3,(H,28,34)(H,29,33). The molecule has 2 N–H and O–H groups in total. The first-order chi connectivity index (χ1) is 16.0. The van der Waals surface area contributed by atoms with Gasteiger partial charge < -0.3 is 15.5 Å². The Hall–Kier alpha value is -3.32. The van der Waals surface area contributed by atoms with E-state index < -0.39 is 0 Å². The average Bonchev–Trinajstić information content (AvgIpc) is 3.18. The molecular weight excluding hydrogens is 450 g/mol. The third kappa shape index (κ3) is 6.60. The largest absolute Gasteiger partial charge is 0.322 e. The molecule has 34 heavy (non-hydrogen) atoms. The molecule has 0 aliphatic rings. The van der Waals surface area contributed by atoms with Gasteiger partial charge in [-0.2, -0.15) is 5.10 Å². The van der Waals surface area contributed by atoms with Crippen molar-refractivity contribution in [3.8, 4) is 5.69 Å². The summed E-state index contributed by atoms with van der Waals surface area (Å²) in [6.45, 7) is 10.5. The van der Waals surface area contributed by atoms with E-state index in [-0.39, 0.29) is 29.8 Å². The van der Waals surface area contributed by atoms with Gasteiger partial charge in [0.1, 0.15) is 12.4 Å². The minimum absolute atomic E-state index is 0.102. The Balaban J connectivity index is 1.83. The number of hydrogen-bond acceptors (Lipinski definition) is 3. The molecular formula is C26H32ClN5O2. The quantitative estimate of drug-likeness (QED) is 0.437. The molecule has 0 saturated heterocycles. The molecule has 7 nitrogen and oxygen atoms in total. The first kappa shape index (κ1) is 25.3. The lowest BCUT2D eigenvalue weighted by Gasteiger charge is -2.24. The number of anilines is 2. The molecule has 0 fully saturated rings. The van der Waals surface area contributed by atoms with Gasteiger partial charge in [0, 0.05) is 23.7 Å². The molecule has 3 amide bonds. The highest BCUT2D eigenvalue weighted by Crippen LogP contribution is 2.29. The normalized spacial score (nSPS) is 11.4. The Kier molecular flexibility index (Phi) is 7.99. The third-order valence-corrected chi connectivity index (χ3v) is 5.38. The number of amides is 3. The first-order valence-electron chi connectivity index (χ1n) is 11.3. The lowest BCUT2D eigenvalue weighted by atomic mass is 9.92. The topological polar surface area (TPSA) is 79.3 Å². The Morgan fingerprint density at radius 3 is 2.29 bits per heavy atom. The van der Waals surface area contributed by atoms with Crippen LogP contribution in [0.3, 0.4) is 0 Å². The number of carbonyl (C=O) groups excluding carboxylic acids is 2. The summed E-state index contributed by atoms with van der Waals surface area (Å²) in [5.74, 6) is 0.365. The van der Waals surface area contributed by atoms with Gasteiger partial charge in [-0.1, -0.05) is 76.6 Å². The molecule has 0 unspecified atom stereocenters. The van der Waals surface area contributed by atoms with Crippen LogP contribution in [0.5, 0.6) is 0 Å². The van der Waals surface area contributed by atoms with E-state index >= 15 is 0 Å². The zero-order chi connectivity index (χ0) is 24.9. The van der Waals surface area contributed by atoms with Crippen molar-refractivity contribution in [3.05, 3.63) is 71.4 Å². The van der Waals surface area contributed by atoms with E-state index in [0.717, 1.165) is 5.69 Å². The van der Waals surface area contributed by atoms with Crippen LogP contribution in [0.15, 0.2) is 60.7 Å². The summed E-state index contributed by atoms with van der Waals surface area (Å²) in [6.07, 6.45) is 0. The van der Waals surface area contributed by atoms with Gasteiger partial charge in [-0.05, 0) is 30.2 Å². The lowest BCUT2D eigenvalue weighted by molar-refractivity contribution is -0.116. The van der Waals surface area contributed by atoms with Gasteiger partial charge in [-0.3, -0.25) is 4.79 Å². The summed E-state index contributed by atoms with van der Waals surface area (Å²) in [5, 5.41) is 11.0. The number of carbonyl (C=O) groups is 2. The first-order valence-corrected chi connectivity index (χ1v) is 11.7. The van der Waals surface area contributed by atoms with Crippen molar-refractivity contribution in [2.75, 3.05) is 23.7 Å². The van der Waals surface area contributed by atoms with E-state index in [4.69, 9.17) is 16.7 Å². The highest BCUT2D eigenvalue weighted by atomic mass is 35.5. The Morgan fingerprint density at radius 1 is 1.03 bits per heavy atom. The molecule has 0 atom stereocenters. The van der Waals surface area contributed by atoms with E-state index in [2.05, 4.69) is 31.4 Å². The summed E-state index contributed by atoms with van der Waals surface area (Å²) in [7, 11) is 0. The number of aromatic nitrogens is 2. The number of nitrogens with zero attached hydrogens (tertiary/aromatic N) is 3. The monoisotopic (exact) mass is 481 g/mol. The maximum absolute atomic E-state index is 13.1. The summed E-state index contributed by atoms with van der Waals surface area (Å²) in [4.78, 5) is 27.5. The lowest BCUT2D eigenvalue weighted by Crippen LogP contribution is -2.42. The predicted molar refractivity (Wildman–Crippen MR) is 138 cm³/mol. The minimum Gasteiger partial charge on any atom is -0.315 e. The van der Waals surface area contributed by atoms with E-state index in [9.17, 15) is 9.59 Å². The molecule has 3 aromatic rings. The molecule has 0 spiro atoms. The summed E-state index contributed by atoms with van der Waals surface area (Å²) in [6, 6.07) is 18.0. The number of hydrogen-bond donors (Lipinski definition) is 2. The van der Waals surface area contributed by atoms with Crippen molar-refractivity contribution < 1.29 is 9.59 Å². The molecule has 1 heterocycles. The molecule has 8 heteroatoms. The second kappa shape index (κ2) is 10.7. The van der Waals surface area contributed by atoms with Crippen LogP contribution in [0.1, 0.15) is 40.3 Å². The molecule has 0 aliphatic carbocycles. The van der Waals surface area contributed by atoms with Gasteiger partial charge in [0.25, 0.3) is 0 Å². The maximum atomic E-state index is 13.1. The molecule has 0 aliphatic heterocycles. The van der Waals surface area contributed by atoms with Crippen LogP contribution < -0.4 is 10.6 Å². The van der Waals surface area contributed by atoms with Crippen LogP contribution in [0.4, 0.5) is 16.3 Å². The maximum Gasteiger partial charge on any atom is 0.322 e. The van der Waals surface area contributed by atoms with E-state index in [1.54, 1.807) is 10.7 Å². The SMILES string of the molecule is CC(C)CN(CC(=O)Nc1cc(C(C)(C)C)nn1-c1ccccc1Cl)C(=O)Nc1ccccc1. The molecule has 0 saturated carbocycles. The van der Waals surface area contributed by atoms with Crippen molar-refractivity contribution in [1.82, 2.24) is 14.7 Å². The van der Waals surface area contributed by atoms with E-state index in [1.165, 1.54) is 4.90 Å². The Bertz CT molecular complexity index is 1140. The summed E-state index contributed by atoms with van der Waals surface area (Å²) in [5.41, 5.74) is 1.92. The fourth-order valence-electron chi connectivity index (χ4n) is 3.38. The number of nitrogens with one attached hydrogen (secondary N) is 2. The number of para-hydroxylation sites is 2. The van der Waals surface area contributed by atoms with Gasteiger partial charge in [-0.25, -0.2) is 9.48 Å². The molecule has 0 radical (unpaired) electrons. The predicted octanol–water partition coefficient (Wildman–Crippen LogP) is 5.95. The molecule has 3 rings (SSSR count). The van der Waals surface area contributed by atoms with Crippen LogP contribution in [0.2, 0.25) is 5.02 Å². The van der Waals surface area contributed by atoms with Crippen LogP contribution in [0.25, 0.3) is 5.69 Å². The fourth-order valence-corrected chi connectivity index (χ4v) is 3.60. The summed E-state index contributed by atoms with van der Waals surface area (Å²) < 4.78 is 1.64. The van der Waals surface area contributed by atoms with Crippen molar-refractivity contribution in [3.63, 3.8) is 0 Å². The highest BCUT2D eigenvalue weighted by molar-refractivity contribution is 6.32. The van der Waals surface area contributed by atoms with Gasteiger partial charge in [0.2, 0.25) is 5.91 Å². The van der Waals surface area contributed by atoms with Crippen molar-refractivity contribution in [2.45, 2.75) is 40.0 Å². The molecule has 2 aromatic carbocycles. The second-order valence-corrected chi connectivity index (χ2v) is 10.1. The fraction of sp³-hybridized carbons (Fsp3) is 0.346. The molecule has 1 aromatic heterocycles. The minimum atomic E-state index is -0.329. The van der Waals surface area contributed by atoms with Crippen molar-refractivity contribution in [1.29, 1.82) is 0 Å². The third-order valence-electron chi connectivity index (χ3n) is 5.06. The van der Waals surface area contributed by atoms with E-state index in [1.807, 2.05) is 68.4 Å². The van der Waals surface area contributed by atoms with Crippen LogP contribution in [-0.4, -0.2) is 39.7 Å². The van der Waals surface area contributed by atoms with Crippen LogP contribution >= 0.6 is 11.6 Å². The van der Waals surface area contributed by atoms with Gasteiger partial charge in [0.05, 0.1) is 16.4 Å². The smallest absolute Gasteiger partial charge is 0.315 e. The number of urea groups is 1. The number of benzene rings is 2. The van der Waals surface area contributed by atoms with E-state index in [0.29, 0.717) is 28.8 Å². The highest BCUT2D eigenvalue weighted by Gasteiger charge is 2.24. The van der Waals surface area contributed by atoms with Gasteiger partial charge in [-0.15, -0.1) is 0 Å². The van der Waals surface area contributed by atoms with Crippen LogP contribution in [0, 0.1) is 5.92 Å². The Labute approximate surface area is 206 Å². The second-order valence-electron chi connectivity index (χ2n) is 9.65. The Morgan fingerprint density at radius 2 is 1.68 bits per heavy atom. The summed E-state index contributed by atoms with van der Waals surface area (Å²) >= 11 is 6.42. The average molecular weight is 482 g/mol. The number of rotatable bonds is 7. The van der Waals surface area contributed by atoms with Crippen LogP contribution in [-0.2, 0) is 10.2 Å². The molecule has 180 valence electrons.